The zero-order valence-electron chi connectivity index (χ0n) is 6.31. The van der Waals surface area contributed by atoms with Crippen LogP contribution in [-0.2, 0) is 4.74 Å². The summed E-state index contributed by atoms with van der Waals surface area (Å²) in [4.78, 5) is 0. The van der Waals surface area contributed by atoms with Crippen molar-refractivity contribution in [3.05, 3.63) is 11.8 Å². The van der Waals surface area contributed by atoms with Crippen molar-refractivity contribution in [1.82, 2.24) is 0 Å². The van der Waals surface area contributed by atoms with E-state index in [-0.39, 0.29) is 0 Å². The summed E-state index contributed by atoms with van der Waals surface area (Å²) in [6.45, 7) is 0.941. The Morgan fingerprint density at radius 1 is 1.30 bits per heavy atom. The molecule has 1 nitrogen and oxygen atoms in total. The second kappa shape index (κ2) is 2.65. The van der Waals surface area contributed by atoms with Crippen LogP contribution in [0, 0.1) is 5.92 Å². The number of rotatable bonds is 1. The van der Waals surface area contributed by atoms with Gasteiger partial charge < -0.3 is 4.74 Å². The van der Waals surface area contributed by atoms with Crippen molar-refractivity contribution in [3.63, 3.8) is 0 Å². The lowest BCUT2D eigenvalue weighted by molar-refractivity contribution is 0.207. The Hall–Kier alpha value is -0.460. The number of hydrogen-bond donors (Lipinski definition) is 0. The third-order valence-electron chi connectivity index (χ3n) is 2.59. The largest absolute Gasteiger partial charge is 0.501 e. The summed E-state index contributed by atoms with van der Waals surface area (Å²) < 4.78 is 5.28. The summed E-state index contributed by atoms with van der Waals surface area (Å²) in [6.07, 6.45) is 8.80. The second-order valence-electron chi connectivity index (χ2n) is 3.29. The molecule has 0 aromatic heterocycles. The molecule has 0 radical (unpaired) electrons. The summed E-state index contributed by atoms with van der Waals surface area (Å²) in [5.74, 6) is 0.903. The normalized spacial score (nSPS) is 26.6. The highest BCUT2D eigenvalue weighted by molar-refractivity contribution is 5.08. The zero-order chi connectivity index (χ0) is 6.81. The average molecular weight is 138 g/mol. The van der Waals surface area contributed by atoms with Crippen LogP contribution in [-0.4, -0.2) is 6.61 Å². The lowest BCUT2D eigenvalue weighted by Crippen LogP contribution is -2.16. The fraction of sp³-hybridized carbons (Fsp3) is 0.778. The lowest BCUT2D eigenvalue weighted by atomic mass is 9.78. The van der Waals surface area contributed by atoms with Gasteiger partial charge in [0.1, 0.15) is 0 Å². The molecule has 0 amide bonds. The van der Waals surface area contributed by atoms with Crippen molar-refractivity contribution in [2.75, 3.05) is 6.61 Å². The molecule has 1 aliphatic heterocycles. The minimum atomic E-state index is 0.903. The first-order chi connectivity index (χ1) is 4.97. The number of hydrogen-bond acceptors (Lipinski definition) is 1. The van der Waals surface area contributed by atoms with Crippen molar-refractivity contribution in [2.45, 2.75) is 32.1 Å². The van der Waals surface area contributed by atoms with E-state index in [1.165, 1.54) is 32.1 Å². The molecule has 2 rings (SSSR count). The molecule has 1 saturated carbocycles. The maximum Gasteiger partial charge on any atom is 0.0876 e. The molecule has 0 unspecified atom stereocenters. The molecule has 0 spiro atoms. The first-order valence-corrected chi connectivity index (χ1v) is 4.27. The van der Waals surface area contributed by atoms with Gasteiger partial charge in [-0.15, -0.1) is 0 Å². The van der Waals surface area contributed by atoms with Crippen molar-refractivity contribution in [1.29, 1.82) is 0 Å². The number of ether oxygens (including phenoxy) is 1. The molecule has 0 atom stereocenters. The molecule has 10 heavy (non-hydrogen) atoms. The molecule has 0 aromatic rings. The summed E-state index contributed by atoms with van der Waals surface area (Å²) in [5, 5.41) is 0. The maximum absolute atomic E-state index is 5.28. The van der Waals surface area contributed by atoms with Crippen LogP contribution in [0.3, 0.4) is 0 Å². The molecule has 2 aliphatic rings. The minimum absolute atomic E-state index is 0.903. The highest BCUT2D eigenvalue weighted by Crippen LogP contribution is 2.36. The number of allylic oxidation sites excluding steroid dienone is 1. The van der Waals surface area contributed by atoms with Gasteiger partial charge in [0.15, 0.2) is 0 Å². The van der Waals surface area contributed by atoms with Crippen molar-refractivity contribution < 1.29 is 4.74 Å². The highest BCUT2D eigenvalue weighted by Gasteiger charge is 2.22. The predicted octanol–water partition coefficient (Wildman–Crippen LogP) is 2.48. The molecule has 0 bridgehead atoms. The van der Waals surface area contributed by atoms with Crippen LogP contribution in [0.5, 0.6) is 0 Å². The van der Waals surface area contributed by atoms with Crippen LogP contribution in [0.4, 0.5) is 0 Å². The van der Waals surface area contributed by atoms with Crippen LogP contribution in [0.2, 0.25) is 0 Å². The zero-order valence-corrected chi connectivity index (χ0v) is 6.31. The van der Waals surface area contributed by atoms with Crippen LogP contribution < -0.4 is 0 Å². The molecule has 1 heteroatoms. The topological polar surface area (TPSA) is 9.23 Å². The molecule has 56 valence electrons. The van der Waals surface area contributed by atoms with Crippen LogP contribution >= 0.6 is 0 Å². The monoisotopic (exact) mass is 138 g/mol. The quantitative estimate of drug-likeness (QED) is 0.541. The van der Waals surface area contributed by atoms with E-state index < -0.39 is 0 Å². The Bertz CT molecular complexity index is 145. The van der Waals surface area contributed by atoms with Gasteiger partial charge in [-0.2, -0.15) is 0 Å². The van der Waals surface area contributed by atoms with Crippen LogP contribution in [0.1, 0.15) is 32.1 Å². The predicted molar refractivity (Wildman–Crippen MR) is 40.6 cm³/mol. The molecule has 1 fully saturated rings. The molecular weight excluding hydrogens is 124 g/mol. The van der Waals surface area contributed by atoms with Gasteiger partial charge in [-0.1, -0.05) is 6.42 Å². The van der Waals surface area contributed by atoms with Gasteiger partial charge in [-0.3, -0.25) is 0 Å². The molecule has 0 N–H and O–H groups in total. The SMILES string of the molecule is C1=C(C2CCC2)CCCO1. The van der Waals surface area contributed by atoms with E-state index in [9.17, 15) is 0 Å². The summed E-state index contributed by atoms with van der Waals surface area (Å²) in [7, 11) is 0. The van der Waals surface area contributed by atoms with Crippen molar-refractivity contribution >= 4 is 0 Å². The second-order valence-corrected chi connectivity index (χ2v) is 3.29. The fourth-order valence-corrected chi connectivity index (χ4v) is 1.66. The van der Waals surface area contributed by atoms with Gasteiger partial charge in [0.2, 0.25) is 0 Å². The highest BCUT2D eigenvalue weighted by atomic mass is 16.5. The van der Waals surface area contributed by atoms with Crippen LogP contribution in [0.15, 0.2) is 11.8 Å². The Morgan fingerprint density at radius 3 is 2.70 bits per heavy atom. The first-order valence-electron chi connectivity index (χ1n) is 4.27. The molecular formula is C9H14O. The minimum Gasteiger partial charge on any atom is -0.501 e. The molecule has 1 aliphatic carbocycles. The van der Waals surface area contributed by atoms with Gasteiger partial charge in [0.25, 0.3) is 0 Å². The van der Waals surface area contributed by atoms with Crippen molar-refractivity contribution in [2.24, 2.45) is 5.92 Å². The Kier molecular flexibility index (Phi) is 1.66. The third-order valence-corrected chi connectivity index (χ3v) is 2.59. The summed E-state index contributed by atoms with van der Waals surface area (Å²) in [5.41, 5.74) is 1.58. The smallest absolute Gasteiger partial charge is 0.0876 e. The maximum atomic E-state index is 5.28. The van der Waals surface area contributed by atoms with E-state index in [1.54, 1.807) is 5.57 Å². The molecule has 1 heterocycles. The standard InChI is InChI=1S/C9H14O/c1-3-8(4-1)9-5-2-6-10-7-9/h7-8H,1-6H2. The van der Waals surface area contributed by atoms with Crippen LogP contribution in [0.25, 0.3) is 0 Å². The Morgan fingerprint density at radius 2 is 2.20 bits per heavy atom. The van der Waals surface area contributed by atoms with E-state index in [0.717, 1.165) is 12.5 Å². The third kappa shape index (κ3) is 1.05. The van der Waals surface area contributed by atoms with E-state index in [4.69, 9.17) is 4.74 Å². The van der Waals surface area contributed by atoms with E-state index in [0.29, 0.717) is 0 Å². The van der Waals surface area contributed by atoms with Gasteiger partial charge in [-0.05, 0) is 37.2 Å². The van der Waals surface area contributed by atoms with E-state index >= 15 is 0 Å². The summed E-state index contributed by atoms with van der Waals surface area (Å²) >= 11 is 0. The van der Waals surface area contributed by atoms with Gasteiger partial charge in [0.05, 0.1) is 12.9 Å². The average Bonchev–Trinajstić information content (AvgIpc) is 1.86. The van der Waals surface area contributed by atoms with E-state index in [2.05, 4.69) is 0 Å². The summed E-state index contributed by atoms with van der Waals surface area (Å²) in [6, 6.07) is 0. The molecule has 0 aromatic carbocycles. The first kappa shape index (κ1) is 6.26. The molecule has 0 saturated heterocycles. The lowest BCUT2D eigenvalue weighted by Gasteiger charge is -2.29. The van der Waals surface area contributed by atoms with Gasteiger partial charge in [0, 0.05) is 0 Å². The van der Waals surface area contributed by atoms with Crippen molar-refractivity contribution in [3.8, 4) is 0 Å². The van der Waals surface area contributed by atoms with Gasteiger partial charge in [-0.25, -0.2) is 0 Å². The van der Waals surface area contributed by atoms with Gasteiger partial charge >= 0.3 is 0 Å². The fourth-order valence-electron chi connectivity index (χ4n) is 1.66. The Balaban J connectivity index is 1.94. The Labute approximate surface area is 62.1 Å². The van der Waals surface area contributed by atoms with E-state index in [1.807, 2.05) is 6.26 Å².